The van der Waals surface area contributed by atoms with Gasteiger partial charge in [0.05, 0.1) is 13.3 Å². The Morgan fingerprint density at radius 1 is 1.38 bits per heavy atom. The number of nitrogens with zero attached hydrogens (tertiary/aromatic N) is 4. The molecule has 7 nitrogen and oxygen atoms in total. The number of rotatable bonds is 6. The highest BCUT2D eigenvalue weighted by atomic mass is 32.2. The number of hydrogen-bond donors (Lipinski definition) is 0. The zero-order valence-electron chi connectivity index (χ0n) is 14.6. The lowest BCUT2D eigenvalue weighted by Gasteiger charge is -2.33. The van der Waals surface area contributed by atoms with Gasteiger partial charge in [-0.3, -0.25) is 0 Å². The number of aryl methyl sites for hydroxylation is 1. The van der Waals surface area contributed by atoms with Crippen molar-refractivity contribution in [2.45, 2.75) is 22.6 Å². The van der Waals surface area contributed by atoms with Crippen LogP contribution in [0.25, 0.3) is 0 Å². The third-order valence-electron chi connectivity index (χ3n) is 4.40. The van der Waals surface area contributed by atoms with Crippen LogP contribution in [0, 0.1) is 5.92 Å². The van der Waals surface area contributed by atoms with Crippen molar-refractivity contribution < 1.29 is 17.5 Å². The first kappa shape index (κ1) is 19.1. The van der Waals surface area contributed by atoms with Gasteiger partial charge in [-0.15, -0.1) is 0 Å². The molecule has 0 aliphatic carbocycles. The summed E-state index contributed by atoms with van der Waals surface area (Å²) in [7, 11) is -0.411. The van der Waals surface area contributed by atoms with Gasteiger partial charge in [-0.1, -0.05) is 11.8 Å². The zero-order valence-corrected chi connectivity index (χ0v) is 16.2. The summed E-state index contributed by atoms with van der Waals surface area (Å²) in [5.74, 6) is 0.707. The number of imidazole rings is 1. The van der Waals surface area contributed by atoms with Gasteiger partial charge < -0.3 is 9.30 Å². The van der Waals surface area contributed by atoms with Crippen LogP contribution in [0.4, 0.5) is 4.39 Å². The first-order chi connectivity index (χ1) is 12.4. The number of ether oxygens (including phenoxy) is 1. The van der Waals surface area contributed by atoms with Crippen LogP contribution in [0.15, 0.2) is 40.8 Å². The van der Waals surface area contributed by atoms with Crippen molar-refractivity contribution in [1.29, 1.82) is 0 Å². The lowest BCUT2D eigenvalue weighted by atomic mass is 9.98. The molecule has 0 bridgehead atoms. The fraction of sp³-hybridized carbons (Fsp3) is 0.500. The third kappa shape index (κ3) is 4.02. The lowest BCUT2D eigenvalue weighted by molar-refractivity contribution is 0.146. The number of piperidine rings is 1. The summed E-state index contributed by atoms with van der Waals surface area (Å²) < 4.78 is 48.0. The smallest absolute Gasteiger partial charge is 0.244 e. The van der Waals surface area contributed by atoms with E-state index in [1.165, 1.54) is 41.5 Å². The van der Waals surface area contributed by atoms with Crippen LogP contribution in [0.2, 0.25) is 0 Å². The molecule has 0 spiro atoms. The summed E-state index contributed by atoms with van der Waals surface area (Å²) in [6.45, 7) is 0.154. The van der Waals surface area contributed by atoms with Crippen LogP contribution in [0.3, 0.4) is 0 Å². The van der Waals surface area contributed by atoms with Crippen molar-refractivity contribution in [2.24, 2.45) is 13.0 Å². The fourth-order valence-corrected chi connectivity index (χ4v) is 5.34. The van der Waals surface area contributed by atoms with Crippen LogP contribution in [0.5, 0.6) is 5.88 Å². The van der Waals surface area contributed by atoms with Crippen molar-refractivity contribution in [3.63, 3.8) is 0 Å². The third-order valence-corrected chi connectivity index (χ3v) is 7.49. The minimum atomic E-state index is -3.76. The van der Waals surface area contributed by atoms with E-state index >= 15 is 0 Å². The van der Waals surface area contributed by atoms with Crippen molar-refractivity contribution >= 4 is 21.8 Å². The molecule has 1 aliphatic heterocycles. The van der Waals surface area contributed by atoms with Gasteiger partial charge in [-0.25, -0.2) is 22.8 Å². The first-order valence-corrected chi connectivity index (χ1v) is 10.6. The second-order valence-electron chi connectivity index (χ2n) is 6.10. The summed E-state index contributed by atoms with van der Waals surface area (Å²) in [6, 6.07) is 2.91. The Hall–Kier alpha value is -1.65. The van der Waals surface area contributed by atoms with E-state index in [1.54, 1.807) is 6.20 Å². The number of sulfonamides is 1. The molecule has 1 saturated heterocycles. The average Bonchev–Trinajstić information content (AvgIpc) is 3.05. The number of alkyl halides is 1. The second kappa shape index (κ2) is 7.93. The molecule has 2 aromatic rings. The Morgan fingerprint density at radius 3 is 2.77 bits per heavy atom. The van der Waals surface area contributed by atoms with Crippen LogP contribution in [0.1, 0.15) is 6.42 Å². The van der Waals surface area contributed by atoms with E-state index in [4.69, 9.17) is 4.74 Å². The monoisotopic (exact) mass is 400 g/mol. The molecule has 2 unspecified atom stereocenters. The minimum absolute atomic E-state index is 0.0475. The largest absolute Gasteiger partial charge is 0.481 e. The van der Waals surface area contributed by atoms with Gasteiger partial charge in [0.2, 0.25) is 15.9 Å². The highest BCUT2D eigenvalue weighted by Crippen LogP contribution is 2.30. The van der Waals surface area contributed by atoms with E-state index in [1.807, 2.05) is 17.8 Å². The van der Waals surface area contributed by atoms with Gasteiger partial charge in [0.15, 0.2) is 5.16 Å². The van der Waals surface area contributed by atoms with E-state index in [-0.39, 0.29) is 17.4 Å². The highest BCUT2D eigenvalue weighted by Gasteiger charge is 2.36. The predicted octanol–water partition coefficient (Wildman–Crippen LogP) is 1.96. The van der Waals surface area contributed by atoms with E-state index in [2.05, 4.69) is 9.97 Å². The number of methoxy groups -OCH3 is 1. The number of halogens is 1. The van der Waals surface area contributed by atoms with Crippen LogP contribution < -0.4 is 4.74 Å². The Kier molecular flexibility index (Phi) is 5.83. The van der Waals surface area contributed by atoms with Crippen molar-refractivity contribution in [3.05, 3.63) is 30.7 Å². The summed E-state index contributed by atoms with van der Waals surface area (Å²) in [4.78, 5) is 8.18. The van der Waals surface area contributed by atoms with E-state index < -0.39 is 16.2 Å². The van der Waals surface area contributed by atoms with Gasteiger partial charge >= 0.3 is 0 Å². The quantitative estimate of drug-likeness (QED) is 0.690. The van der Waals surface area contributed by atoms with Crippen molar-refractivity contribution in [3.8, 4) is 5.88 Å². The van der Waals surface area contributed by atoms with Crippen LogP contribution >= 0.6 is 11.8 Å². The Morgan fingerprint density at radius 2 is 2.19 bits per heavy atom. The van der Waals surface area contributed by atoms with Crippen LogP contribution in [-0.2, 0) is 17.1 Å². The number of pyridine rings is 1. The normalized spacial score (nSPS) is 21.7. The Balaban J connectivity index is 1.62. The predicted molar refractivity (Wildman–Crippen MR) is 96.5 cm³/mol. The van der Waals surface area contributed by atoms with E-state index in [0.29, 0.717) is 24.6 Å². The maximum absolute atomic E-state index is 14.6. The maximum Gasteiger partial charge on any atom is 0.244 e. The number of aromatic nitrogens is 3. The van der Waals surface area contributed by atoms with Gasteiger partial charge in [0.1, 0.15) is 11.1 Å². The summed E-state index contributed by atoms with van der Waals surface area (Å²) in [5, 5.41) is 0.830. The standard InChI is InChI=1S/C16H21FN4O3S2/c1-20-8-6-18-16(20)25-11-12-5-7-21(10-14(12)17)26(22,23)13-3-4-15(24-2)19-9-13/h3-4,6,8-9,12,14H,5,7,10-11H2,1-2H3. The molecule has 0 aromatic carbocycles. The molecule has 142 valence electrons. The molecule has 0 N–H and O–H groups in total. The number of thioether (sulfide) groups is 1. The van der Waals surface area contributed by atoms with Crippen molar-refractivity contribution in [2.75, 3.05) is 26.0 Å². The molecule has 0 saturated carbocycles. The molecule has 0 radical (unpaired) electrons. The molecule has 0 amide bonds. The van der Waals surface area contributed by atoms with Gasteiger partial charge in [0, 0.05) is 50.3 Å². The average molecular weight is 401 g/mol. The topological polar surface area (TPSA) is 77.3 Å². The van der Waals surface area contributed by atoms with E-state index in [0.717, 1.165) is 5.16 Å². The Bertz CT molecular complexity index is 841. The molecule has 2 aromatic heterocycles. The lowest BCUT2D eigenvalue weighted by Crippen LogP contribution is -2.45. The molecule has 1 aliphatic rings. The number of hydrogen-bond acceptors (Lipinski definition) is 6. The molecule has 10 heteroatoms. The maximum atomic E-state index is 14.6. The highest BCUT2D eigenvalue weighted by molar-refractivity contribution is 7.99. The second-order valence-corrected chi connectivity index (χ2v) is 9.02. The SMILES string of the molecule is COc1ccc(S(=O)(=O)N2CCC(CSc3nccn3C)C(F)C2)cn1. The molecular formula is C16H21FN4O3S2. The summed E-state index contributed by atoms with van der Waals surface area (Å²) in [5.41, 5.74) is 0. The van der Waals surface area contributed by atoms with E-state index in [9.17, 15) is 12.8 Å². The van der Waals surface area contributed by atoms with Crippen LogP contribution in [-0.4, -0.2) is 59.4 Å². The molecule has 2 atom stereocenters. The molecular weight excluding hydrogens is 379 g/mol. The fourth-order valence-electron chi connectivity index (χ4n) is 2.79. The Labute approximate surface area is 156 Å². The minimum Gasteiger partial charge on any atom is -0.481 e. The summed E-state index contributed by atoms with van der Waals surface area (Å²) in [6.07, 6.45) is 4.05. The zero-order chi connectivity index (χ0) is 18.7. The van der Waals surface area contributed by atoms with Gasteiger partial charge in [-0.05, 0) is 12.5 Å². The molecule has 1 fully saturated rings. The summed E-state index contributed by atoms with van der Waals surface area (Å²) >= 11 is 1.49. The van der Waals surface area contributed by atoms with Crippen molar-refractivity contribution in [1.82, 2.24) is 18.8 Å². The first-order valence-electron chi connectivity index (χ1n) is 8.16. The van der Waals surface area contributed by atoms with Gasteiger partial charge in [0.25, 0.3) is 0 Å². The molecule has 26 heavy (non-hydrogen) atoms. The molecule has 3 heterocycles. The molecule has 3 rings (SSSR count). The van der Waals surface area contributed by atoms with Gasteiger partial charge in [-0.2, -0.15) is 4.31 Å².